The number of terminal acetylenes is 1. The van der Waals surface area contributed by atoms with Crippen LogP contribution in [0, 0.1) is 12.3 Å². The topological polar surface area (TPSA) is 24.5 Å². The molecule has 0 saturated carbocycles. The molecule has 3 nitrogen and oxygen atoms in total. The summed E-state index contributed by atoms with van der Waals surface area (Å²) in [5, 5.41) is 3.49. The molecule has 0 aromatic rings. The van der Waals surface area contributed by atoms with Crippen LogP contribution in [0.4, 0.5) is 0 Å². The zero-order valence-corrected chi connectivity index (χ0v) is 9.67. The van der Waals surface area contributed by atoms with Crippen molar-refractivity contribution in [3.8, 4) is 12.3 Å². The lowest BCUT2D eigenvalue weighted by Crippen LogP contribution is -2.44. The molecule has 1 fully saturated rings. The maximum absolute atomic E-state index is 5.31. The van der Waals surface area contributed by atoms with Gasteiger partial charge in [-0.3, -0.25) is 4.90 Å². The van der Waals surface area contributed by atoms with Crippen LogP contribution in [0.3, 0.4) is 0 Å². The van der Waals surface area contributed by atoms with E-state index in [0.29, 0.717) is 6.04 Å². The van der Waals surface area contributed by atoms with Gasteiger partial charge in [0.25, 0.3) is 0 Å². The standard InChI is InChI=1S/C12H22N2O/c1-3-4-5-6-13-12(2)11-14-7-9-15-10-8-14/h1,12-13H,4-11H2,2H3. The molecular weight excluding hydrogens is 188 g/mol. The van der Waals surface area contributed by atoms with Crippen LogP contribution < -0.4 is 5.32 Å². The lowest BCUT2D eigenvalue weighted by atomic mass is 10.2. The molecule has 0 spiro atoms. The van der Waals surface area contributed by atoms with Gasteiger partial charge in [-0.25, -0.2) is 0 Å². The number of hydrogen-bond donors (Lipinski definition) is 1. The molecule has 1 atom stereocenters. The minimum atomic E-state index is 0.542. The van der Waals surface area contributed by atoms with E-state index in [0.717, 1.165) is 52.2 Å². The highest BCUT2D eigenvalue weighted by Crippen LogP contribution is 1.98. The Kier molecular flexibility index (Phi) is 6.42. The second kappa shape index (κ2) is 7.70. The van der Waals surface area contributed by atoms with E-state index in [1.165, 1.54) is 0 Å². The molecule has 1 aliphatic rings. The summed E-state index contributed by atoms with van der Waals surface area (Å²) < 4.78 is 5.31. The molecule has 0 aliphatic carbocycles. The number of ether oxygens (including phenoxy) is 1. The number of unbranched alkanes of at least 4 members (excludes halogenated alkanes) is 1. The number of nitrogens with one attached hydrogen (secondary N) is 1. The van der Waals surface area contributed by atoms with E-state index in [2.05, 4.69) is 23.1 Å². The molecule has 0 aromatic carbocycles. The van der Waals surface area contributed by atoms with Gasteiger partial charge in [-0.2, -0.15) is 0 Å². The summed E-state index contributed by atoms with van der Waals surface area (Å²) in [5.41, 5.74) is 0. The van der Waals surface area contributed by atoms with Crippen molar-refractivity contribution in [3.05, 3.63) is 0 Å². The van der Waals surface area contributed by atoms with E-state index < -0.39 is 0 Å². The molecule has 0 radical (unpaired) electrons. The molecule has 3 heteroatoms. The molecule has 1 rings (SSSR count). The van der Waals surface area contributed by atoms with Crippen molar-refractivity contribution in [2.75, 3.05) is 39.4 Å². The molecule has 1 N–H and O–H groups in total. The molecule has 1 aliphatic heterocycles. The van der Waals surface area contributed by atoms with Crippen molar-refractivity contribution >= 4 is 0 Å². The van der Waals surface area contributed by atoms with Crippen molar-refractivity contribution in [1.82, 2.24) is 10.2 Å². The van der Waals surface area contributed by atoms with Gasteiger partial charge >= 0.3 is 0 Å². The summed E-state index contributed by atoms with van der Waals surface area (Å²) in [6.07, 6.45) is 7.14. The van der Waals surface area contributed by atoms with E-state index in [4.69, 9.17) is 11.2 Å². The Morgan fingerprint density at radius 1 is 1.47 bits per heavy atom. The van der Waals surface area contributed by atoms with Crippen molar-refractivity contribution in [3.63, 3.8) is 0 Å². The average Bonchev–Trinajstić information content (AvgIpc) is 2.26. The monoisotopic (exact) mass is 210 g/mol. The van der Waals surface area contributed by atoms with Gasteiger partial charge in [0.15, 0.2) is 0 Å². The Bertz CT molecular complexity index is 194. The Morgan fingerprint density at radius 3 is 2.87 bits per heavy atom. The zero-order valence-electron chi connectivity index (χ0n) is 9.67. The third-order valence-electron chi connectivity index (χ3n) is 2.63. The predicted molar refractivity (Wildman–Crippen MR) is 62.8 cm³/mol. The Hall–Kier alpha value is -0.560. The van der Waals surface area contributed by atoms with Crippen LogP contribution in [0.15, 0.2) is 0 Å². The van der Waals surface area contributed by atoms with Gasteiger partial charge in [0.1, 0.15) is 0 Å². The first kappa shape index (κ1) is 12.5. The van der Waals surface area contributed by atoms with Gasteiger partial charge in [0.05, 0.1) is 13.2 Å². The second-order valence-electron chi connectivity index (χ2n) is 4.08. The minimum Gasteiger partial charge on any atom is -0.379 e. The fourth-order valence-electron chi connectivity index (χ4n) is 1.77. The summed E-state index contributed by atoms with van der Waals surface area (Å²) in [7, 11) is 0. The third-order valence-corrected chi connectivity index (χ3v) is 2.63. The van der Waals surface area contributed by atoms with Gasteiger partial charge in [-0.15, -0.1) is 12.3 Å². The molecule has 0 amide bonds. The number of morpholine rings is 1. The SMILES string of the molecule is C#CCCCNC(C)CN1CCOCC1. The zero-order chi connectivity index (χ0) is 10.9. The fourth-order valence-corrected chi connectivity index (χ4v) is 1.77. The summed E-state index contributed by atoms with van der Waals surface area (Å²) in [6, 6.07) is 0.542. The summed E-state index contributed by atoms with van der Waals surface area (Å²) in [5.74, 6) is 2.66. The highest BCUT2D eigenvalue weighted by molar-refractivity contribution is 4.83. The van der Waals surface area contributed by atoms with Crippen LogP contribution in [0.25, 0.3) is 0 Å². The Balaban J connectivity index is 2.01. The molecule has 1 heterocycles. The molecule has 15 heavy (non-hydrogen) atoms. The largest absolute Gasteiger partial charge is 0.379 e. The van der Waals surface area contributed by atoms with E-state index in [1.54, 1.807) is 0 Å². The highest BCUT2D eigenvalue weighted by Gasteiger charge is 2.12. The predicted octanol–water partition coefficient (Wildman–Crippen LogP) is 0.710. The first-order valence-electron chi connectivity index (χ1n) is 5.80. The Morgan fingerprint density at radius 2 is 2.20 bits per heavy atom. The minimum absolute atomic E-state index is 0.542. The van der Waals surface area contributed by atoms with Crippen molar-refractivity contribution in [2.24, 2.45) is 0 Å². The van der Waals surface area contributed by atoms with Crippen molar-refractivity contribution < 1.29 is 4.74 Å². The maximum Gasteiger partial charge on any atom is 0.0594 e. The lowest BCUT2D eigenvalue weighted by Gasteiger charge is -2.29. The van der Waals surface area contributed by atoms with Crippen LogP contribution >= 0.6 is 0 Å². The van der Waals surface area contributed by atoms with E-state index in [-0.39, 0.29) is 0 Å². The van der Waals surface area contributed by atoms with Crippen LogP contribution in [0.2, 0.25) is 0 Å². The van der Waals surface area contributed by atoms with E-state index >= 15 is 0 Å². The normalized spacial score (nSPS) is 19.7. The van der Waals surface area contributed by atoms with Gasteiger partial charge < -0.3 is 10.1 Å². The fraction of sp³-hybridized carbons (Fsp3) is 0.833. The first-order valence-corrected chi connectivity index (χ1v) is 5.80. The molecule has 0 bridgehead atoms. The molecule has 1 unspecified atom stereocenters. The van der Waals surface area contributed by atoms with Crippen LogP contribution in [-0.2, 0) is 4.74 Å². The van der Waals surface area contributed by atoms with Crippen LogP contribution in [0.1, 0.15) is 19.8 Å². The molecule has 0 aromatic heterocycles. The molecule has 1 saturated heterocycles. The van der Waals surface area contributed by atoms with Crippen molar-refractivity contribution in [2.45, 2.75) is 25.8 Å². The van der Waals surface area contributed by atoms with Gasteiger partial charge in [0.2, 0.25) is 0 Å². The molecular formula is C12H22N2O. The smallest absolute Gasteiger partial charge is 0.0594 e. The molecule has 86 valence electrons. The maximum atomic E-state index is 5.31. The first-order chi connectivity index (χ1) is 7.33. The second-order valence-corrected chi connectivity index (χ2v) is 4.08. The summed E-state index contributed by atoms with van der Waals surface area (Å²) in [6.45, 7) is 8.25. The number of hydrogen-bond acceptors (Lipinski definition) is 3. The van der Waals surface area contributed by atoms with Gasteiger partial charge in [0, 0.05) is 32.1 Å². The van der Waals surface area contributed by atoms with Gasteiger partial charge in [-0.05, 0) is 19.9 Å². The highest BCUT2D eigenvalue weighted by atomic mass is 16.5. The van der Waals surface area contributed by atoms with E-state index in [1.807, 2.05) is 0 Å². The van der Waals surface area contributed by atoms with Gasteiger partial charge in [-0.1, -0.05) is 0 Å². The van der Waals surface area contributed by atoms with Crippen LogP contribution in [0.5, 0.6) is 0 Å². The Labute approximate surface area is 93.2 Å². The van der Waals surface area contributed by atoms with Crippen LogP contribution in [-0.4, -0.2) is 50.3 Å². The summed E-state index contributed by atoms with van der Waals surface area (Å²) >= 11 is 0. The number of rotatable bonds is 6. The number of nitrogens with zero attached hydrogens (tertiary/aromatic N) is 1. The van der Waals surface area contributed by atoms with E-state index in [9.17, 15) is 0 Å². The quantitative estimate of drug-likeness (QED) is 0.516. The average molecular weight is 210 g/mol. The third kappa shape index (κ3) is 5.78. The van der Waals surface area contributed by atoms with Crippen molar-refractivity contribution in [1.29, 1.82) is 0 Å². The summed E-state index contributed by atoms with van der Waals surface area (Å²) in [4.78, 5) is 2.45. The lowest BCUT2D eigenvalue weighted by molar-refractivity contribution is 0.0344.